The number of imidazole rings is 1. The Morgan fingerprint density at radius 3 is 2.28 bits per heavy atom. The minimum atomic E-state index is -1.03. The van der Waals surface area contributed by atoms with Gasteiger partial charge in [-0.3, -0.25) is 0 Å². The fourth-order valence-corrected chi connectivity index (χ4v) is 3.04. The Morgan fingerprint density at radius 1 is 0.920 bits per heavy atom. The third-order valence-corrected chi connectivity index (χ3v) is 4.39. The van der Waals surface area contributed by atoms with E-state index in [2.05, 4.69) is 9.97 Å². The zero-order valence-electron chi connectivity index (χ0n) is 13.0. The number of aromatic carboxylic acids is 1. The van der Waals surface area contributed by atoms with Gasteiger partial charge in [-0.2, -0.15) is 0 Å². The van der Waals surface area contributed by atoms with Crippen LogP contribution in [0.1, 0.15) is 10.4 Å². The van der Waals surface area contributed by atoms with E-state index in [-0.39, 0.29) is 10.6 Å². The highest BCUT2D eigenvalue weighted by molar-refractivity contribution is 6.33. The number of hydrogen-bond donors (Lipinski definition) is 2. The topological polar surface area (TPSA) is 66.0 Å². The molecule has 25 heavy (non-hydrogen) atoms. The van der Waals surface area contributed by atoms with Crippen molar-refractivity contribution >= 4 is 28.6 Å². The summed E-state index contributed by atoms with van der Waals surface area (Å²) in [5, 5.41) is 9.28. The molecule has 0 atom stereocenters. The summed E-state index contributed by atoms with van der Waals surface area (Å²) in [7, 11) is 0. The molecule has 122 valence electrons. The van der Waals surface area contributed by atoms with E-state index in [9.17, 15) is 4.79 Å². The lowest BCUT2D eigenvalue weighted by atomic mass is 10.0. The van der Waals surface area contributed by atoms with Crippen LogP contribution in [0.15, 0.2) is 66.7 Å². The molecule has 1 aromatic heterocycles. The quantitative estimate of drug-likeness (QED) is 0.531. The van der Waals surface area contributed by atoms with Crippen molar-refractivity contribution in [2.45, 2.75) is 0 Å². The second-order valence-corrected chi connectivity index (χ2v) is 6.09. The van der Waals surface area contributed by atoms with Gasteiger partial charge in [-0.1, -0.05) is 54.1 Å². The summed E-state index contributed by atoms with van der Waals surface area (Å²) >= 11 is 6.05. The Hall–Kier alpha value is -3.11. The standard InChI is InChI=1S/C20H13ClN2O2/c21-16-11-14(9-10-15(16)20(24)25)12-5-7-13(8-6-12)19-22-17-3-1-2-4-18(17)23-19/h1-11H,(H,22,23)(H,24,25). The van der Waals surface area contributed by atoms with Gasteiger partial charge in [0, 0.05) is 5.56 Å². The first-order valence-corrected chi connectivity index (χ1v) is 8.08. The van der Waals surface area contributed by atoms with Gasteiger partial charge in [0.1, 0.15) is 5.82 Å². The summed E-state index contributed by atoms with van der Waals surface area (Å²) in [5.41, 5.74) is 4.83. The SMILES string of the molecule is O=C(O)c1ccc(-c2ccc(-c3nc4ccccc4[nH]3)cc2)cc1Cl. The molecule has 0 radical (unpaired) electrons. The van der Waals surface area contributed by atoms with Crippen molar-refractivity contribution in [2.75, 3.05) is 0 Å². The lowest BCUT2D eigenvalue weighted by Gasteiger charge is -2.05. The van der Waals surface area contributed by atoms with Gasteiger partial charge in [-0.15, -0.1) is 0 Å². The normalized spacial score (nSPS) is 10.9. The van der Waals surface area contributed by atoms with Gasteiger partial charge >= 0.3 is 5.97 Å². The van der Waals surface area contributed by atoms with Crippen molar-refractivity contribution in [3.63, 3.8) is 0 Å². The summed E-state index contributed by atoms with van der Waals surface area (Å²) in [6, 6.07) is 20.7. The maximum atomic E-state index is 11.1. The maximum absolute atomic E-state index is 11.1. The average molecular weight is 349 g/mol. The van der Waals surface area contributed by atoms with E-state index in [1.165, 1.54) is 6.07 Å². The molecule has 4 nitrogen and oxygen atoms in total. The van der Waals surface area contributed by atoms with Crippen LogP contribution in [-0.2, 0) is 0 Å². The molecule has 0 amide bonds. The molecule has 0 aliphatic heterocycles. The minimum Gasteiger partial charge on any atom is -0.478 e. The molecule has 0 unspecified atom stereocenters. The molecule has 0 aliphatic rings. The highest BCUT2D eigenvalue weighted by Crippen LogP contribution is 2.28. The molecular weight excluding hydrogens is 336 g/mol. The van der Waals surface area contributed by atoms with Crippen LogP contribution in [0.2, 0.25) is 5.02 Å². The molecule has 1 heterocycles. The summed E-state index contributed by atoms with van der Waals surface area (Å²) < 4.78 is 0. The molecule has 0 aliphatic carbocycles. The van der Waals surface area contributed by atoms with E-state index in [4.69, 9.17) is 16.7 Å². The highest BCUT2D eigenvalue weighted by Gasteiger charge is 2.10. The maximum Gasteiger partial charge on any atom is 0.337 e. The van der Waals surface area contributed by atoms with Crippen molar-refractivity contribution in [3.8, 4) is 22.5 Å². The Balaban J connectivity index is 1.68. The van der Waals surface area contributed by atoms with E-state index < -0.39 is 5.97 Å². The number of hydrogen-bond acceptors (Lipinski definition) is 2. The number of carboxylic acids is 1. The van der Waals surface area contributed by atoms with Crippen LogP contribution in [0, 0.1) is 0 Å². The summed E-state index contributed by atoms with van der Waals surface area (Å²) in [6.45, 7) is 0. The molecular formula is C20H13ClN2O2. The Morgan fingerprint density at radius 2 is 1.60 bits per heavy atom. The number of aromatic nitrogens is 2. The molecule has 0 spiro atoms. The predicted octanol–water partition coefficient (Wildman–Crippen LogP) is 5.25. The predicted molar refractivity (Wildman–Crippen MR) is 98.9 cm³/mol. The summed E-state index contributed by atoms with van der Waals surface area (Å²) in [6.07, 6.45) is 0. The number of fused-ring (bicyclic) bond motifs is 1. The van der Waals surface area contributed by atoms with Crippen LogP contribution >= 0.6 is 11.6 Å². The van der Waals surface area contributed by atoms with Gasteiger partial charge in [-0.25, -0.2) is 9.78 Å². The Bertz CT molecular complexity index is 1050. The third kappa shape index (κ3) is 2.88. The lowest BCUT2D eigenvalue weighted by Crippen LogP contribution is -1.97. The number of para-hydroxylation sites is 2. The summed E-state index contributed by atoms with van der Waals surface area (Å²) in [4.78, 5) is 18.9. The van der Waals surface area contributed by atoms with Gasteiger partial charge in [-0.05, 0) is 35.4 Å². The van der Waals surface area contributed by atoms with Crippen molar-refractivity contribution in [2.24, 2.45) is 0 Å². The molecule has 3 aromatic carbocycles. The van der Waals surface area contributed by atoms with Crippen LogP contribution in [0.5, 0.6) is 0 Å². The van der Waals surface area contributed by atoms with Crippen LogP contribution < -0.4 is 0 Å². The number of nitrogens with one attached hydrogen (secondary N) is 1. The van der Waals surface area contributed by atoms with Crippen molar-refractivity contribution in [3.05, 3.63) is 77.3 Å². The first-order chi connectivity index (χ1) is 12.1. The molecule has 5 heteroatoms. The van der Waals surface area contributed by atoms with Crippen LogP contribution in [0.25, 0.3) is 33.5 Å². The first kappa shape index (κ1) is 15.4. The van der Waals surface area contributed by atoms with Crippen LogP contribution in [0.3, 0.4) is 0 Å². The van der Waals surface area contributed by atoms with Gasteiger partial charge in [0.2, 0.25) is 0 Å². The second-order valence-electron chi connectivity index (χ2n) is 5.68. The number of aromatic amines is 1. The van der Waals surface area contributed by atoms with E-state index in [1.807, 2.05) is 48.5 Å². The highest BCUT2D eigenvalue weighted by atomic mass is 35.5. The number of benzene rings is 3. The van der Waals surface area contributed by atoms with Crippen LogP contribution in [-0.4, -0.2) is 21.0 Å². The molecule has 2 N–H and O–H groups in total. The average Bonchev–Trinajstić information content (AvgIpc) is 3.05. The van der Waals surface area contributed by atoms with E-state index >= 15 is 0 Å². The van der Waals surface area contributed by atoms with E-state index in [0.29, 0.717) is 0 Å². The number of carbonyl (C=O) groups is 1. The lowest BCUT2D eigenvalue weighted by molar-refractivity contribution is 0.0697. The van der Waals surface area contributed by atoms with E-state index in [1.54, 1.807) is 12.1 Å². The van der Waals surface area contributed by atoms with E-state index in [0.717, 1.165) is 33.5 Å². The second kappa shape index (κ2) is 6.07. The monoisotopic (exact) mass is 348 g/mol. The zero-order chi connectivity index (χ0) is 17.4. The molecule has 0 fully saturated rings. The first-order valence-electron chi connectivity index (χ1n) is 7.70. The Kier molecular flexibility index (Phi) is 3.75. The molecule has 0 saturated heterocycles. The van der Waals surface area contributed by atoms with Gasteiger partial charge in [0.25, 0.3) is 0 Å². The number of rotatable bonds is 3. The van der Waals surface area contributed by atoms with Crippen molar-refractivity contribution in [1.82, 2.24) is 9.97 Å². The molecule has 4 aromatic rings. The molecule has 0 bridgehead atoms. The fourth-order valence-electron chi connectivity index (χ4n) is 2.78. The van der Waals surface area contributed by atoms with Gasteiger partial charge < -0.3 is 10.1 Å². The number of carboxylic acid groups (broad SMARTS) is 1. The third-order valence-electron chi connectivity index (χ3n) is 4.08. The van der Waals surface area contributed by atoms with Gasteiger partial charge in [0.15, 0.2) is 0 Å². The molecule has 0 saturated carbocycles. The van der Waals surface area contributed by atoms with Gasteiger partial charge in [0.05, 0.1) is 21.6 Å². The Labute approximate surface area is 148 Å². The minimum absolute atomic E-state index is 0.101. The number of halogens is 1. The smallest absolute Gasteiger partial charge is 0.337 e. The largest absolute Gasteiger partial charge is 0.478 e. The summed E-state index contributed by atoms with van der Waals surface area (Å²) in [5.74, 6) is -0.219. The number of H-pyrrole nitrogens is 1. The zero-order valence-corrected chi connectivity index (χ0v) is 13.8. The molecule has 4 rings (SSSR count). The fraction of sp³-hybridized carbons (Fsp3) is 0. The van der Waals surface area contributed by atoms with Crippen molar-refractivity contribution < 1.29 is 9.90 Å². The van der Waals surface area contributed by atoms with Crippen LogP contribution in [0.4, 0.5) is 0 Å². The number of nitrogens with zero attached hydrogens (tertiary/aromatic N) is 1. The van der Waals surface area contributed by atoms with Crippen molar-refractivity contribution in [1.29, 1.82) is 0 Å².